The lowest BCUT2D eigenvalue weighted by Crippen LogP contribution is -2.41. The zero-order chi connectivity index (χ0) is 31.7. The Morgan fingerprint density at radius 3 is 1.62 bits per heavy atom. The molecule has 0 saturated carbocycles. The molecule has 0 radical (unpaired) electrons. The van der Waals surface area contributed by atoms with Gasteiger partial charge in [0.1, 0.15) is 11.5 Å². The Kier molecular flexibility index (Phi) is 9.01. The van der Waals surface area contributed by atoms with Gasteiger partial charge in [-0.15, -0.1) is 0 Å². The molecule has 0 aliphatic rings. The number of aliphatic hydroxyl groups is 1. The molecular formula is C26H18F13NO2. The molecule has 3 aromatic rings. The summed E-state index contributed by atoms with van der Waals surface area (Å²) in [5, 5.41) is 9.63. The Morgan fingerprint density at radius 1 is 0.619 bits per heavy atom. The van der Waals surface area contributed by atoms with Crippen LogP contribution in [0.1, 0.15) is 16.7 Å². The van der Waals surface area contributed by atoms with Crippen molar-refractivity contribution in [2.75, 3.05) is 11.4 Å². The second-order valence-electron chi connectivity index (χ2n) is 8.91. The van der Waals surface area contributed by atoms with E-state index in [1.54, 1.807) is 0 Å². The molecular weight excluding hydrogens is 605 g/mol. The quantitative estimate of drug-likeness (QED) is 0.242. The van der Waals surface area contributed by atoms with Gasteiger partial charge >= 0.3 is 30.4 Å². The van der Waals surface area contributed by atoms with Crippen LogP contribution in [0, 0.1) is 0 Å². The Bertz CT molecular complexity index is 1370. The van der Waals surface area contributed by atoms with Crippen LogP contribution in [0.4, 0.5) is 62.8 Å². The molecule has 0 amide bonds. The molecule has 3 aromatic carbocycles. The molecule has 16 heteroatoms. The van der Waals surface area contributed by atoms with Crippen molar-refractivity contribution in [1.29, 1.82) is 0 Å². The van der Waals surface area contributed by atoms with E-state index in [-0.39, 0.29) is 17.0 Å². The first-order chi connectivity index (χ1) is 19.1. The number of aliphatic hydroxyl groups excluding tert-OH is 1. The van der Waals surface area contributed by atoms with Crippen molar-refractivity contribution in [1.82, 2.24) is 0 Å². The highest BCUT2D eigenvalue weighted by Gasteiger charge is 2.59. The maximum absolute atomic E-state index is 13.8. The molecule has 0 fully saturated rings. The van der Waals surface area contributed by atoms with Crippen LogP contribution in [0.2, 0.25) is 0 Å². The van der Waals surface area contributed by atoms with Crippen molar-refractivity contribution in [3.8, 4) is 11.5 Å². The van der Waals surface area contributed by atoms with Gasteiger partial charge in [0, 0.05) is 29.4 Å². The van der Waals surface area contributed by atoms with Gasteiger partial charge in [-0.1, -0.05) is 36.4 Å². The lowest BCUT2D eigenvalue weighted by molar-refractivity contribution is -0.289. The van der Waals surface area contributed by atoms with Gasteiger partial charge in [0.2, 0.25) is 0 Å². The topological polar surface area (TPSA) is 32.7 Å². The maximum Gasteiger partial charge on any atom is 0.458 e. The lowest BCUT2D eigenvalue weighted by Gasteiger charge is -2.29. The van der Waals surface area contributed by atoms with E-state index in [1.807, 2.05) is 0 Å². The van der Waals surface area contributed by atoms with Crippen molar-refractivity contribution in [2.24, 2.45) is 0 Å². The maximum atomic E-state index is 13.8. The monoisotopic (exact) mass is 623 g/mol. The highest BCUT2D eigenvalue weighted by Crippen LogP contribution is 2.45. The van der Waals surface area contributed by atoms with E-state index in [2.05, 4.69) is 0 Å². The number of benzene rings is 3. The normalized spacial score (nSPS) is 14.0. The predicted octanol–water partition coefficient (Wildman–Crippen LogP) is 8.72. The summed E-state index contributed by atoms with van der Waals surface area (Å²) >= 11 is 0. The van der Waals surface area contributed by atoms with Gasteiger partial charge < -0.3 is 14.7 Å². The SMILES string of the molecule is OC(CN(Cc1cccc(C(F)(F)C(F)(F)F)c1)c1cccc(Oc2cccc(C(F)(F)C(F)(F)F)c2)c1)C(F)(F)F. The molecule has 0 aromatic heterocycles. The summed E-state index contributed by atoms with van der Waals surface area (Å²) in [6.45, 7) is -1.97. The lowest BCUT2D eigenvalue weighted by atomic mass is 10.0. The van der Waals surface area contributed by atoms with Crippen molar-refractivity contribution in [3.05, 3.63) is 89.5 Å². The molecule has 1 atom stereocenters. The third-order valence-corrected chi connectivity index (χ3v) is 5.76. The average Bonchev–Trinajstić information content (AvgIpc) is 2.87. The molecule has 42 heavy (non-hydrogen) atoms. The van der Waals surface area contributed by atoms with Crippen LogP contribution in [0.5, 0.6) is 11.5 Å². The predicted molar refractivity (Wildman–Crippen MR) is 122 cm³/mol. The van der Waals surface area contributed by atoms with E-state index in [4.69, 9.17) is 4.74 Å². The third-order valence-electron chi connectivity index (χ3n) is 5.76. The molecule has 1 N–H and O–H groups in total. The van der Waals surface area contributed by atoms with Crippen molar-refractivity contribution in [3.63, 3.8) is 0 Å². The number of halogens is 13. The smallest absolute Gasteiger partial charge is 0.457 e. The summed E-state index contributed by atoms with van der Waals surface area (Å²) in [6, 6.07) is 9.96. The molecule has 0 heterocycles. The van der Waals surface area contributed by atoms with E-state index >= 15 is 0 Å². The minimum atomic E-state index is -5.97. The Hall–Kier alpha value is -3.69. The summed E-state index contributed by atoms with van der Waals surface area (Å²) in [7, 11) is 0. The van der Waals surface area contributed by atoms with Crippen LogP contribution in [0.15, 0.2) is 72.8 Å². The highest BCUT2D eigenvalue weighted by molar-refractivity contribution is 5.52. The minimum absolute atomic E-state index is 0.208. The van der Waals surface area contributed by atoms with E-state index < -0.39 is 66.4 Å². The van der Waals surface area contributed by atoms with Crippen molar-refractivity contribution in [2.45, 2.75) is 43.0 Å². The van der Waals surface area contributed by atoms with Gasteiger partial charge in [-0.3, -0.25) is 0 Å². The standard InChI is InChI=1S/C26H18F13NO2/c27-22(28,25(34,35)36)16-5-1-4-15(10-16)13-40(14-21(41)24(31,32)33)18-7-3-9-20(12-18)42-19-8-2-6-17(11-19)23(29,30)26(37,38)39/h1-12,21,41H,13-14H2. The van der Waals surface area contributed by atoms with Gasteiger partial charge in [-0.05, 0) is 35.9 Å². The number of nitrogens with zero attached hydrogens (tertiary/aromatic N) is 1. The fourth-order valence-corrected chi connectivity index (χ4v) is 3.62. The van der Waals surface area contributed by atoms with Gasteiger partial charge in [0.15, 0.2) is 6.10 Å². The van der Waals surface area contributed by atoms with Crippen molar-refractivity contribution < 1.29 is 66.9 Å². The molecule has 0 saturated heterocycles. The first kappa shape index (κ1) is 32.8. The van der Waals surface area contributed by atoms with Gasteiger partial charge in [0.05, 0.1) is 6.54 Å². The number of hydrogen-bond donors (Lipinski definition) is 1. The van der Waals surface area contributed by atoms with Crippen LogP contribution in [0.25, 0.3) is 0 Å². The molecule has 1 unspecified atom stereocenters. The second kappa shape index (κ2) is 11.5. The van der Waals surface area contributed by atoms with Crippen LogP contribution in [0.3, 0.4) is 0 Å². The summed E-state index contributed by atoms with van der Waals surface area (Å²) in [6.07, 6.45) is -20.1. The van der Waals surface area contributed by atoms with Gasteiger partial charge in [-0.25, -0.2) is 0 Å². The van der Waals surface area contributed by atoms with Crippen LogP contribution in [-0.4, -0.2) is 36.3 Å². The third kappa shape index (κ3) is 7.38. The number of ether oxygens (including phenoxy) is 1. The highest BCUT2D eigenvalue weighted by atomic mass is 19.4. The fraction of sp³-hybridized carbons (Fsp3) is 0.308. The van der Waals surface area contributed by atoms with Gasteiger partial charge in [0.25, 0.3) is 0 Å². The Morgan fingerprint density at radius 2 is 1.10 bits per heavy atom. The van der Waals surface area contributed by atoms with Crippen LogP contribution >= 0.6 is 0 Å². The summed E-state index contributed by atoms with van der Waals surface area (Å²) in [4.78, 5) is 0.768. The number of alkyl halides is 13. The molecule has 230 valence electrons. The summed E-state index contributed by atoms with van der Waals surface area (Å²) < 4.78 is 177. The fourth-order valence-electron chi connectivity index (χ4n) is 3.62. The van der Waals surface area contributed by atoms with E-state index in [0.29, 0.717) is 24.3 Å². The van der Waals surface area contributed by atoms with E-state index in [0.717, 1.165) is 47.4 Å². The number of anilines is 1. The average molecular weight is 623 g/mol. The van der Waals surface area contributed by atoms with Crippen molar-refractivity contribution >= 4 is 5.69 Å². The zero-order valence-corrected chi connectivity index (χ0v) is 20.6. The molecule has 3 nitrogen and oxygen atoms in total. The van der Waals surface area contributed by atoms with Crippen LogP contribution < -0.4 is 9.64 Å². The molecule has 0 aliphatic heterocycles. The molecule has 0 aliphatic carbocycles. The molecule has 0 bridgehead atoms. The molecule has 0 spiro atoms. The van der Waals surface area contributed by atoms with E-state index in [1.165, 1.54) is 6.07 Å². The van der Waals surface area contributed by atoms with E-state index in [9.17, 15) is 62.2 Å². The molecule has 3 rings (SSSR count). The zero-order valence-electron chi connectivity index (χ0n) is 20.6. The first-order valence-electron chi connectivity index (χ1n) is 11.5. The van der Waals surface area contributed by atoms with Gasteiger partial charge in [-0.2, -0.15) is 57.1 Å². The summed E-state index contributed by atoms with van der Waals surface area (Å²) in [5.41, 5.74) is -3.47. The van der Waals surface area contributed by atoms with Crippen LogP contribution in [-0.2, 0) is 18.4 Å². The number of hydrogen-bond acceptors (Lipinski definition) is 3. The Labute approximate surface area is 228 Å². The first-order valence-corrected chi connectivity index (χ1v) is 11.5. The summed E-state index contributed by atoms with van der Waals surface area (Å²) in [5.74, 6) is -11.3. The largest absolute Gasteiger partial charge is 0.458 e. The second-order valence-corrected chi connectivity index (χ2v) is 8.91. The number of rotatable bonds is 9. The minimum Gasteiger partial charge on any atom is -0.457 e. The Balaban J connectivity index is 1.96.